The van der Waals surface area contributed by atoms with E-state index in [0.717, 1.165) is 12.8 Å². The fourth-order valence-electron chi connectivity index (χ4n) is 2.09. The second kappa shape index (κ2) is 4.41. The fourth-order valence-corrected chi connectivity index (χ4v) is 2.09. The zero-order valence-corrected chi connectivity index (χ0v) is 9.91. The van der Waals surface area contributed by atoms with Gasteiger partial charge in [-0.1, -0.05) is 0 Å². The molecule has 7 heteroatoms. The fraction of sp³-hybridized carbons (Fsp3) is 0.545. The van der Waals surface area contributed by atoms with E-state index in [0.29, 0.717) is 28.8 Å². The van der Waals surface area contributed by atoms with Crippen LogP contribution in [-0.2, 0) is 0 Å². The smallest absolute Gasteiger partial charge is 0.246 e. The number of nitrogens with zero attached hydrogens (tertiary/aromatic N) is 4. The average Bonchev–Trinajstić information content (AvgIpc) is 2.65. The van der Waals surface area contributed by atoms with Crippen molar-refractivity contribution >= 4 is 16.9 Å². The van der Waals surface area contributed by atoms with Crippen LogP contribution in [0.5, 0.6) is 5.88 Å². The lowest BCUT2D eigenvalue weighted by Crippen LogP contribution is -2.18. The zero-order chi connectivity index (χ0) is 12.5. The van der Waals surface area contributed by atoms with Crippen LogP contribution >= 0.6 is 0 Å². The summed E-state index contributed by atoms with van der Waals surface area (Å²) in [4.78, 5) is 8.20. The Balaban J connectivity index is 2.10. The predicted molar refractivity (Wildman–Crippen MR) is 65.2 cm³/mol. The van der Waals surface area contributed by atoms with Crippen LogP contribution in [0.4, 0.5) is 5.82 Å². The molecule has 1 aliphatic carbocycles. The van der Waals surface area contributed by atoms with Crippen LogP contribution in [0.25, 0.3) is 11.0 Å². The van der Waals surface area contributed by atoms with Gasteiger partial charge in [0.2, 0.25) is 5.88 Å². The van der Waals surface area contributed by atoms with Gasteiger partial charge < -0.3 is 15.6 Å². The molecule has 7 nitrogen and oxygen atoms in total. The Morgan fingerprint density at radius 2 is 2.28 bits per heavy atom. The molecule has 0 amide bonds. The summed E-state index contributed by atoms with van der Waals surface area (Å²) in [7, 11) is 0. The van der Waals surface area contributed by atoms with Gasteiger partial charge in [-0.2, -0.15) is 0 Å². The third-order valence-corrected chi connectivity index (χ3v) is 3.24. The first-order valence-electron chi connectivity index (χ1n) is 6.03. The molecule has 0 bridgehead atoms. The molecule has 3 N–H and O–H groups in total. The van der Waals surface area contributed by atoms with Crippen LogP contribution < -0.4 is 10.5 Å². The minimum absolute atomic E-state index is 0.0641. The summed E-state index contributed by atoms with van der Waals surface area (Å²) in [6, 6.07) is 0.369. The van der Waals surface area contributed by atoms with Crippen LogP contribution in [0.1, 0.15) is 25.3 Å². The number of fused-ring (bicyclic) bond motifs is 1. The highest BCUT2D eigenvalue weighted by molar-refractivity contribution is 5.90. The molecule has 1 aliphatic rings. The Kier molecular flexibility index (Phi) is 2.75. The quantitative estimate of drug-likeness (QED) is 0.818. The molecule has 0 saturated heterocycles. The second-order valence-corrected chi connectivity index (χ2v) is 4.36. The maximum atomic E-state index is 8.82. The van der Waals surface area contributed by atoms with E-state index in [1.54, 1.807) is 0 Å². The van der Waals surface area contributed by atoms with Crippen molar-refractivity contribution in [1.29, 1.82) is 0 Å². The minimum Gasteiger partial charge on any atom is -0.474 e. The first-order chi connectivity index (χ1) is 8.81. The largest absolute Gasteiger partial charge is 0.474 e. The van der Waals surface area contributed by atoms with E-state index in [1.807, 2.05) is 4.68 Å². The molecule has 0 spiro atoms. The van der Waals surface area contributed by atoms with Crippen LogP contribution in [0.3, 0.4) is 0 Å². The third kappa shape index (κ3) is 1.67. The highest BCUT2D eigenvalue weighted by Crippen LogP contribution is 2.36. The van der Waals surface area contributed by atoms with Crippen LogP contribution in [0.2, 0.25) is 0 Å². The summed E-state index contributed by atoms with van der Waals surface area (Å²) < 4.78 is 7.27. The molecule has 18 heavy (non-hydrogen) atoms. The molecule has 2 heterocycles. The van der Waals surface area contributed by atoms with Gasteiger partial charge >= 0.3 is 0 Å². The number of nitrogens with two attached hydrogens (primary N) is 1. The molecule has 2 aromatic rings. The summed E-state index contributed by atoms with van der Waals surface area (Å²) in [6.07, 6.45) is 4.84. The minimum atomic E-state index is -0.0641. The number of hydrogen-bond acceptors (Lipinski definition) is 6. The number of aliphatic hydroxyl groups is 1. The van der Waals surface area contributed by atoms with Gasteiger partial charge in [0, 0.05) is 0 Å². The zero-order valence-electron chi connectivity index (χ0n) is 9.91. The Labute approximate surface area is 104 Å². The molecule has 0 aromatic carbocycles. The van der Waals surface area contributed by atoms with Crippen molar-refractivity contribution in [3.8, 4) is 5.88 Å². The second-order valence-electron chi connectivity index (χ2n) is 4.36. The number of rotatable bonds is 4. The summed E-state index contributed by atoms with van der Waals surface area (Å²) in [6.45, 7) is 0.122. The van der Waals surface area contributed by atoms with Gasteiger partial charge in [0.05, 0.1) is 12.6 Å². The monoisotopic (exact) mass is 249 g/mol. The SMILES string of the molecule is Nc1ncnc2c1c(OCCO)nn2C1CCC1. The van der Waals surface area contributed by atoms with Crippen molar-refractivity contribution in [2.75, 3.05) is 18.9 Å². The maximum absolute atomic E-state index is 8.82. The molecule has 3 rings (SSSR count). The van der Waals surface area contributed by atoms with E-state index >= 15 is 0 Å². The van der Waals surface area contributed by atoms with Gasteiger partial charge in [-0.3, -0.25) is 0 Å². The topological polar surface area (TPSA) is 99.1 Å². The van der Waals surface area contributed by atoms with Crippen molar-refractivity contribution in [3.63, 3.8) is 0 Å². The highest BCUT2D eigenvalue weighted by atomic mass is 16.5. The standard InChI is InChI=1S/C11H15N5O2/c12-9-8-10(14-6-13-9)16(7-2-1-3-7)15-11(8)18-5-4-17/h6-7,17H,1-5H2,(H2,12,13,14). The van der Waals surface area contributed by atoms with E-state index in [4.69, 9.17) is 15.6 Å². The Hall–Kier alpha value is -1.89. The number of aliphatic hydroxyl groups excluding tert-OH is 1. The first-order valence-corrected chi connectivity index (χ1v) is 6.03. The summed E-state index contributed by atoms with van der Waals surface area (Å²) in [5.74, 6) is 0.766. The lowest BCUT2D eigenvalue weighted by atomic mass is 9.93. The van der Waals surface area contributed by atoms with Crippen LogP contribution in [-0.4, -0.2) is 38.1 Å². The molecule has 0 unspecified atom stereocenters. The maximum Gasteiger partial charge on any atom is 0.246 e. The van der Waals surface area contributed by atoms with Gasteiger partial charge in [-0.15, -0.1) is 5.10 Å². The van der Waals surface area contributed by atoms with E-state index in [2.05, 4.69) is 15.1 Å². The Morgan fingerprint density at radius 3 is 2.94 bits per heavy atom. The number of hydrogen-bond donors (Lipinski definition) is 2. The van der Waals surface area contributed by atoms with Crippen molar-refractivity contribution in [2.24, 2.45) is 0 Å². The number of nitrogen functional groups attached to an aromatic ring is 1. The number of anilines is 1. The van der Waals surface area contributed by atoms with E-state index in [1.165, 1.54) is 12.7 Å². The molecule has 1 fully saturated rings. The van der Waals surface area contributed by atoms with Crippen molar-refractivity contribution < 1.29 is 9.84 Å². The predicted octanol–water partition coefficient (Wildman–Crippen LogP) is 0.505. The van der Waals surface area contributed by atoms with Crippen molar-refractivity contribution in [2.45, 2.75) is 25.3 Å². The van der Waals surface area contributed by atoms with Crippen LogP contribution in [0, 0.1) is 0 Å². The van der Waals surface area contributed by atoms with Crippen molar-refractivity contribution in [3.05, 3.63) is 6.33 Å². The molecule has 2 aromatic heterocycles. The molecular weight excluding hydrogens is 234 g/mol. The van der Waals surface area contributed by atoms with E-state index in [9.17, 15) is 0 Å². The summed E-state index contributed by atoms with van der Waals surface area (Å²) in [5, 5.41) is 13.9. The van der Waals surface area contributed by atoms with Gasteiger partial charge in [-0.25, -0.2) is 14.6 Å². The van der Waals surface area contributed by atoms with Gasteiger partial charge in [0.15, 0.2) is 5.65 Å². The van der Waals surface area contributed by atoms with Gasteiger partial charge in [0.25, 0.3) is 0 Å². The molecule has 0 aliphatic heterocycles. The van der Waals surface area contributed by atoms with Crippen LogP contribution in [0.15, 0.2) is 6.33 Å². The van der Waals surface area contributed by atoms with Gasteiger partial charge in [-0.05, 0) is 19.3 Å². The molecule has 1 saturated carbocycles. The normalized spacial score (nSPS) is 15.8. The molecule has 96 valence electrons. The average molecular weight is 249 g/mol. The van der Waals surface area contributed by atoms with E-state index < -0.39 is 0 Å². The molecule has 0 atom stereocenters. The first kappa shape index (κ1) is 11.2. The highest BCUT2D eigenvalue weighted by Gasteiger charge is 2.26. The van der Waals surface area contributed by atoms with E-state index in [-0.39, 0.29) is 13.2 Å². The summed E-state index contributed by atoms with van der Waals surface area (Å²) in [5.41, 5.74) is 6.56. The van der Waals surface area contributed by atoms with Crippen molar-refractivity contribution in [1.82, 2.24) is 19.7 Å². The molecule has 0 radical (unpaired) electrons. The third-order valence-electron chi connectivity index (χ3n) is 3.24. The molecular formula is C11H15N5O2. The number of ether oxygens (including phenoxy) is 1. The number of aromatic nitrogens is 4. The lowest BCUT2D eigenvalue weighted by molar-refractivity contribution is 0.194. The summed E-state index contributed by atoms with van der Waals surface area (Å²) >= 11 is 0. The van der Waals surface area contributed by atoms with Gasteiger partial charge in [0.1, 0.15) is 24.1 Å². The lowest BCUT2D eigenvalue weighted by Gasteiger charge is -2.25. The Bertz CT molecular complexity index is 564. The Morgan fingerprint density at radius 1 is 1.44 bits per heavy atom.